The van der Waals surface area contributed by atoms with Gasteiger partial charge in [0.2, 0.25) is 10.0 Å². The van der Waals surface area contributed by atoms with Crippen molar-refractivity contribution in [3.63, 3.8) is 0 Å². The third-order valence-corrected chi connectivity index (χ3v) is 6.17. The van der Waals surface area contributed by atoms with Gasteiger partial charge in [-0.3, -0.25) is 0 Å². The van der Waals surface area contributed by atoms with Crippen LogP contribution in [0.2, 0.25) is 0 Å². The molecule has 1 fully saturated rings. The van der Waals surface area contributed by atoms with Crippen molar-refractivity contribution in [1.82, 2.24) is 0 Å². The number of thiophene rings is 1. The Hall–Kier alpha value is -1.17. The summed E-state index contributed by atoms with van der Waals surface area (Å²) in [5.74, 6) is 0.659. The number of primary sulfonamides is 1. The molecule has 1 aromatic heterocycles. The zero-order valence-corrected chi connectivity index (χ0v) is 13.4. The second kappa shape index (κ2) is 5.91. The molecule has 0 atom stereocenters. The summed E-state index contributed by atoms with van der Waals surface area (Å²) >= 11 is 1.82. The van der Waals surface area contributed by atoms with Crippen LogP contribution in [-0.4, -0.2) is 8.42 Å². The van der Waals surface area contributed by atoms with E-state index in [0.29, 0.717) is 5.92 Å². The second-order valence-electron chi connectivity index (χ2n) is 5.60. The predicted molar refractivity (Wildman–Crippen MR) is 87.0 cm³/mol. The van der Waals surface area contributed by atoms with Crippen LogP contribution in [0.5, 0.6) is 0 Å². The zero-order chi connectivity index (χ0) is 14.9. The zero-order valence-electron chi connectivity index (χ0n) is 11.8. The maximum Gasteiger partial charge on any atom is 0.238 e. The summed E-state index contributed by atoms with van der Waals surface area (Å²) in [6.45, 7) is 0. The molecule has 3 nitrogen and oxygen atoms in total. The van der Waals surface area contributed by atoms with E-state index in [1.54, 1.807) is 12.1 Å². The van der Waals surface area contributed by atoms with Crippen molar-refractivity contribution in [3.8, 4) is 11.1 Å². The van der Waals surface area contributed by atoms with Gasteiger partial charge < -0.3 is 0 Å². The Morgan fingerprint density at radius 3 is 2.29 bits per heavy atom. The molecular weight excluding hydrogens is 302 g/mol. The van der Waals surface area contributed by atoms with Gasteiger partial charge in [-0.15, -0.1) is 11.3 Å². The topological polar surface area (TPSA) is 60.2 Å². The Balaban J connectivity index is 1.92. The van der Waals surface area contributed by atoms with E-state index in [-0.39, 0.29) is 4.90 Å². The van der Waals surface area contributed by atoms with E-state index in [1.807, 2.05) is 23.5 Å². The van der Waals surface area contributed by atoms with Gasteiger partial charge in [0.15, 0.2) is 0 Å². The van der Waals surface area contributed by atoms with Gasteiger partial charge in [0.1, 0.15) is 0 Å². The molecule has 3 rings (SSSR count). The van der Waals surface area contributed by atoms with Gasteiger partial charge in [0.05, 0.1) is 4.90 Å². The van der Waals surface area contributed by atoms with Gasteiger partial charge in [0.25, 0.3) is 0 Å². The van der Waals surface area contributed by atoms with Gasteiger partial charge >= 0.3 is 0 Å². The summed E-state index contributed by atoms with van der Waals surface area (Å²) in [5.41, 5.74) is 2.32. The third kappa shape index (κ3) is 3.20. The highest BCUT2D eigenvalue weighted by molar-refractivity contribution is 7.89. The number of rotatable bonds is 3. The highest BCUT2D eigenvalue weighted by Gasteiger charge is 2.20. The fourth-order valence-corrected chi connectivity index (χ4v) is 4.67. The van der Waals surface area contributed by atoms with Gasteiger partial charge in [-0.1, -0.05) is 31.4 Å². The molecule has 112 valence electrons. The highest BCUT2D eigenvalue weighted by atomic mass is 32.2. The fourth-order valence-electron chi connectivity index (χ4n) is 3.06. The van der Waals surface area contributed by atoms with Crippen LogP contribution in [0.4, 0.5) is 0 Å². The van der Waals surface area contributed by atoms with Gasteiger partial charge in [-0.2, -0.15) is 0 Å². The summed E-state index contributed by atoms with van der Waals surface area (Å²) in [7, 11) is -3.62. The molecule has 2 N–H and O–H groups in total. The molecule has 1 aliphatic carbocycles. The summed E-state index contributed by atoms with van der Waals surface area (Å²) in [6.07, 6.45) is 6.50. The molecule has 0 radical (unpaired) electrons. The van der Waals surface area contributed by atoms with E-state index >= 15 is 0 Å². The van der Waals surface area contributed by atoms with Crippen LogP contribution in [0.3, 0.4) is 0 Å². The smallest absolute Gasteiger partial charge is 0.225 e. The van der Waals surface area contributed by atoms with E-state index in [2.05, 4.69) is 11.4 Å². The van der Waals surface area contributed by atoms with Crippen LogP contribution in [0, 0.1) is 0 Å². The summed E-state index contributed by atoms with van der Waals surface area (Å²) in [4.78, 5) is 1.61. The molecule has 5 heteroatoms. The van der Waals surface area contributed by atoms with E-state index < -0.39 is 10.0 Å². The minimum Gasteiger partial charge on any atom is -0.225 e. The Kier molecular flexibility index (Phi) is 4.15. The van der Waals surface area contributed by atoms with Crippen molar-refractivity contribution in [2.45, 2.75) is 42.9 Å². The highest BCUT2D eigenvalue weighted by Crippen LogP contribution is 2.41. The van der Waals surface area contributed by atoms with Crippen molar-refractivity contribution in [3.05, 3.63) is 40.6 Å². The normalized spacial score (nSPS) is 17.0. The van der Waals surface area contributed by atoms with Gasteiger partial charge in [-0.25, -0.2) is 13.6 Å². The third-order valence-electron chi connectivity index (χ3n) is 4.16. The van der Waals surface area contributed by atoms with Crippen LogP contribution in [0.15, 0.2) is 40.6 Å². The lowest BCUT2D eigenvalue weighted by molar-refractivity contribution is 0.449. The lowest BCUT2D eigenvalue weighted by Crippen LogP contribution is -2.11. The first-order chi connectivity index (χ1) is 10.1. The molecule has 0 spiro atoms. The lowest BCUT2D eigenvalue weighted by Gasteiger charge is -2.22. The van der Waals surface area contributed by atoms with Crippen LogP contribution < -0.4 is 5.14 Å². The Morgan fingerprint density at radius 1 is 1.00 bits per heavy atom. The largest absolute Gasteiger partial charge is 0.238 e. The molecule has 21 heavy (non-hydrogen) atoms. The maximum absolute atomic E-state index is 11.3. The first kappa shape index (κ1) is 14.8. The molecule has 1 aliphatic rings. The van der Waals surface area contributed by atoms with Gasteiger partial charge in [0, 0.05) is 4.88 Å². The summed E-state index contributed by atoms with van der Waals surface area (Å²) in [6, 6.07) is 9.03. The molecule has 0 amide bonds. The van der Waals surface area contributed by atoms with Crippen LogP contribution >= 0.6 is 11.3 Å². The number of benzene rings is 1. The Labute approximate surface area is 129 Å². The molecule has 0 unspecified atom stereocenters. The first-order valence-electron chi connectivity index (χ1n) is 7.26. The van der Waals surface area contributed by atoms with Crippen LogP contribution in [0.25, 0.3) is 11.1 Å². The average molecular weight is 321 g/mol. The molecule has 1 aromatic carbocycles. The quantitative estimate of drug-likeness (QED) is 0.924. The number of nitrogens with two attached hydrogens (primary N) is 1. The number of sulfonamides is 1. The maximum atomic E-state index is 11.3. The van der Waals surface area contributed by atoms with Gasteiger partial charge in [-0.05, 0) is 53.5 Å². The standard InChI is InChI=1S/C16H19NO2S2/c17-21(18,19)14-8-6-12(7-9-14)15-10-11-20-16(15)13-4-2-1-3-5-13/h6-11,13H,1-5H2,(H2,17,18,19). The second-order valence-corrected chi connectivity index (χ2v) is 8.11. The molecule has 1 heterocycles. The SMILES string of the molecule is NS(=O)(=O)c1ccc(-c2ccsc2C2CCCCC2)cc1. The van der Waals surface area contributed by atoms with Crippen LogP contribution in [0.1, 0.15) is 42.9 Å². The van der Waals surface area contributed by atoms with E-state index in [1.165, 1.54) is 42.5 Å². The molecular formula is C16H19NO2S2. The lowest BCUT2D eigenvalue weighted by atomic mass is 9.86. The summed E-state index contributed by atoms with van der Waals surface area (Å²) < 4.78 is 22.6. The monoisotopic (exact) mass is 321 g/mol. The van der Waals surface area contributed by atoms with E-state index in [4.69, 9.17) is 5.14 Å². The molecule has 0 bridgehead atoms. The van der Waals surface area contributed by atoms with E-state index in [0.717, 1.165) is 5.56 Å². The minimum atomic E-state index is -3.62. The Bertz CT molecular complexity index is 711. The van der Waals surface area contributed by atoms with Crippen LogP contribution in [-0.2, 0) is 10.0 Å². The van der Waals surface area contributed by atoms with Crippen molar-refractivity contribution in [1.29, 1.82) is 0 Å². The fraction of sp³-hybridized carbons (Fsp3) is 0.375. The number of hydrogen-bond donors (Lipinski definition) is 1. The Morgan fingerprint density at radius 2 is 1.67 bits per heavy atom. The molecule has 1 saturated carbocycles. The average Bonchev–Trinajstić information content (AvgIpc) is 2.97. The van der Waals surface area contributed by atoms with Crippen molar-refractivity contribution < 1.29 is 8.42 Å². The number of hydrogen-bond acceptors (Lipinski definition) is 3. The molecule has 2 aromatic rings. The van der Waals surface area contributed by atoms with E-state index in [9.17, 15) is 8.42 Å². The van der Waals surface area contributed by atoms with Crippen molar-refractivity contribution >= 4 is 21.4 Å². The minimum absolute atomic E-state index is 0.167. The summed E-state index contributed by atoms with van der Waals surface area (Å²) in [5, 5.41) is 7.28. The van der Waals surface area contributed by atoms with Crippen molar-refractivity contribution in [2.75, 3.05) is 0 Å². The van der Waals surface area contributed by atoms with Crippen molar-refractivity contribution in [2.24, 2.45) is 5.14 Å². The first-order valence-corrected chi connectivity index (χ1v) is 9.69. The molecule has 0 aliphatic heterocycles. The predicted octanol–water partition coefficient (Wildman–Crippen LogP) is 4.11. The molecule has 0 saturated heterocycles.